The van der Waals surface area contributed by atoms with Crippen molar-refractivity contribution in [3.8, 4) is 0 Å². The summed E-state index contributed by atoms with van der Waals surface area (Å²) in [6, 6.07) is 8.48. The number of allylic oxidation sites excluding steroid dienone is 3. The summed E-state index contributed by atoms with van der Waals surface area (Å²) in [5.74, 6) is 0.970. The van der Waals surface area contributed by atoms with Crippen molar-refractivity contribution in [2.75, 3.05) is 19.0 Å². The van der Waals surface area contributed by atoms with Crippen molar-refractivity contribution >= 4 is 19.0 Å². The van der Waals surface area contributed by atoms with Crippen molar-refractivity contribution < 1.29 is 22.0 Å². The Bertz CT molecular complexity index is 612. The first-order chi connectivity index (χ1) is 11.0. The molecule has 1 aliphatic rings. The van der Waals surface area contributed by atoms with Crippen molar-refractivity contribution in [3.63, 3.8) is 0 Å². The molecule has 0 aliphatic carbocycles. The molecule has 1 aliphatic heterocycles. The molecule has 0 saturated carbocycles. The van der Waals surface area contributed by atoms with Crippen molar-refractivity contribution in [3.05, 3.63) is 59.4 Å². The lowest BCUT2D eigenvalue weighted by atomic mass is 10.1. The van der Waals surface area contributed by atoms with Crippen molar-refractivity contribution in [2.45, 2.75) is 20.0 Å². The van der Waals surface area contributed by atoms with Crippen molar-refractivity contribution in [1.82, 2.24) is 0 Å². The molecule has 2 rings (SSSR count). The second-order valence-electron chi connectivity index (χ2n) is 5.59. The van der Waals surface area contributed by atoms with E-state index < -0.39 is 7.25 Å². The number of benzene rings is 1. The van der Waals surface area contributed by atoms with E-state index in [2.05, 4.69) is 60.4 Å². The van der Waals surface area contributed by atoms with Gasteiger partial charge in [0.2, 0.25) is 0 Å². The first kappa shape index (κ1) is 19.9. The van der Waals surface area contributed by atoms with Gasteiger partial charge in [0.25, 0.3) is 0 Å². The first-order valence-corrected chi connectivity index (χ1v) is 7.41. The number of nitrogens with zero attached hydrogens (tertiary/aromatic N) is 1. The Kier molecular flexibility index (Phi) is 7.13. The van der Waals surface area contributed by atoms with E-state index >= 15 is 0 Å². The predicted octanol–water partition coefficient (Wildman–Crippen LogP) is 5.31. The van der Waals surface area contributed by atoms with Gasteiger partial charge in [-0.25, -0.2) is 0 Å². The van der Waals surface area contributed by atoms with Crippen LogP contribution in [0.1, 0.15) is 19.4 Å². The van der Waals surface area contributed by atoms with Crippen LogP contribution in [-0.2, 0) is 4.74 Å². The molecule has 1 atom stereocenters. The lowest BCUT2D eigenvalue weighted by Crippen LogP contribution is -2.09. The fourth-order valence-electron chi connectivity index (χ4n) is 2.09. The van der Waals surface area contributed by atoms with E-state index in [0.29, 0.717) is 0 Å². The number of halogens is 4. The highest BCUT2D eigenvalue weighted by molar-refractivity contribution is 6.50. The highest BCUT2D eigenvalue weighted by atomic mass is 19.5. The summed E-state index contributed by atoms with van der Waals surface area (Å²) in [5.41, 5.74) is 3.65. The Labute approximate surface area is 140 Å². The summed E-state index contributed by atoms with van der Waals surface area (Å²) >= 11 is 0. The average Bonchev–Trinajstić information content (AvgIpc) is 2.43. The van der Waals surface area contributed by atoms with Crippen LogP contribution < -0.4 is 4.90 Å². The molecule has 1 heterocycles. The second kappa shape index (κ2) is 8.61. The van der Waals surface area contributed by atoms with Crippen molar-refractivity contribution in [1.29, 1.82) is 0 Å². The van der Waals surface area contributed by atoms with Gasteiger partial charge in [0.15, 0.2) is 0 Å². The quantitative estimate of drug-likeness (QED) is 0.545. The number of ether oxygens (including phenoxy) is 1. The Hall–Kier alpha value is -2.18. The molecule has 7 heteroatoms. The van der Waals surface area contributed by atoms with Crippen LogP contribution in [0, 0.1) is 0 Å². The van der Waals surface area contributed by atoms with Crippen LogP contribution in [0.5, 0.6) is 0 Å². The van der Waals surface area contributed by atoms with E-state index in [0.717, 1.165) is 5.76 Å². The Morgan fingerprint density at radius 3 is 2.04 bits per heavy atom. The maximum absolute atomic E-state index is 9.75. The van der Waals surface area contributed by atoms with Gasteiger partial charge in [0, 0.05) is 19.8 Å². The molecule has 0 fully saturated rings. The summed E-state index contributed by atoms with van der Waals surface area (Å²) in [4.78, 5) is 2.10. The fourth-order valence-corrected chi connectivity index (χ4v) is 2.09. The van der Waals surface area contributed by atoms with Gasteiger partial charge in [-0.15, -0.1) is 0 Å². The lowest BCUT2D eigenvalue weighted by molar-refractivity contribution is 0.188. The Morgan fingerprint density at radius 1 is 1.04 bits per heavy atom. The monoisotopic (exact) mass is 342 g/mol. The van der Waals surface area contributed by atoms with Gasteiger partial charge in [0.05, 0.1) is 5.76 Å². The highest BCUT2D eigenvalue weighted by Crippen LogP contribution is 2.18. The summed E-state index contributed by atoms with van der Waals surface area (Å²) in [6.07, 6.45) is 8.41. The number of hydrogen-bond acceptors (Lipinski definition) is 2. The second-order valence-corrected chi connectivity index (χ2v) is 5.59. The molecule has 1 aromatic carbocycles. The zero-order valence-electron chi connectivity index (χ0n) is 14.1. The molecule has 1 aromatic rings. The van der Waals surface area contributed by atoms with E-state index in [-0.39, 0.29) is 6.10 Å². The maximum atomic E-state index is 9.75. The largest absolute Gasteiger partial charge is 0.673 e. The van der Waals surface area contributed by atoms with Crippen LogP contribution in [0.4, 0.5) is 23.0 Å². The molecule has 0 aromatic heterocycles. The van der Waals surface area contributed by atoms with Crippen LogP contribution in [0.15, 0.2) is 53.8 Å². The minimum absolute atomic E-state index is 0.0403. The van der Waals surface area contributed by atoms with E-state index in [4.69, 9.17) is 4.74 Å². The highest BCUT2D eigenvalue weighted by Gasteiger charge is 2.20. The third kappa shape index (κ3) is 8.46. The zero-order valence-corrected chi connectivity index (χ0v) is 14.1. The molecule has 0 N–H and O–H groups in total. The van der Waals surface area contributed by atoms with Gasteiger partial charge >= 0.3 is 7.25 Å². The summed E-state index contributed by atoms with van der Waals surface area (Å²) in [6.45, 7) is 4.09. The molecular weight excluding hydrogens is 321 g/mol. The van der Waals surface area contributed by atoms with Gasteiger partial charge in [0.1, 0.15) is 6.10 Å². The Balaban J connectivity index is 0.000000505. The third-order valence-corrected chi connectivity index (χ3v) is 3.07. The van der Waals surface area contributed by atoms with Crippen LogP contribution >= 0.6 is 0 Å². The number of rotatable bonds is 3. The van der Waals surface area contributed by atoms with E-state index in [1.807, 2.05) is 21.0 Å². The molecule has 2 nitrogen and oxygen atoms in total. The van der Waals surface area contributed by atoms with Crippen LogP contribution in [-0.4, -0.2) is 27.5 Å². The minimum Gasteiger partial charge on any atom is -0.487 e. The van der Waals surface area contributed by atoms with Gasteiger partial charge in [-0.2, -0.15) is 0 Å². The zero-order chi connectivity index (χ0) is 18.3. The fraction of sp³-hybridized carbons (Fsp3) is 0.294. The van der Waals surface area contributed by atoms with Crippen LogP contribution in [0.2, 0.25) is 0 Å². The van der Waals surface area contributed by atoms with E-state index in [1.54, 1.807) is 0 Å². The predicted molar refractivity (Wildman–Crippen MR) is 92.4 cm³/mol. The molecule has 24 heavy (non-hydrogen) atoms. The summed E-state index contributed by atoms with van der Waals surface area (Å²) in [5, 5.41) is 0. The van der Waals surface area contributed by atoms with Gasteiger partial charge in [-0.3, -0.25) is 0 Å². The van der Waals surface area contributed by atoms with E-state index in [1.165, 1.54) is 16.8 Å². The average molecular weight is 342 g/mol. The minimum atomic E-state index is -6.00. The van der Waals surface area contributed by atoms with Crippen LogP contribution in [0.3, 0.4) is 0 Å². The SMILES string of the molecule is CC1=CC(/C=C/c2ccc(N(C)C)cc2)OC(C)=C1.F[B-](F)(F)F. The molecule has 0 radical (unpaired) electrons. The Morgan fingerprint density at radius 2 is 1.58 bits per heavy atom. The molecule has 0 bridgehead atoms. The smallest absolute Gasteiger partial charge is 0.487 e. The molecule has 0 amide bonds. The maximum Gasteiger partial charge on any atom is 0.673 e. The standard InChI is InChI=1S/C17H21NO.BF4/c1-13-11-14(2)19-17(12-13)10-7-15-5-8-16(9-6-15)18(3)4;2-1(3,4)5/h5-12,17H,1-4H3;/q;-1/b10-7+;. The number of hydrogen-bond donors (Lipinski definition) is 0. The van der Waals surface area contributed by atoms with E-state index in [9.17, 15) is 17.3 Å². The summed E-state index contributed by atoms with van der Waals surface area (Å²) in [7, 11) is -1.91. The van der Waals surface area contributed by atoms with Crippen LogP contribution in [0.25, 0.3) is 6.08 Å². The topological polar surface area (TPSA) is 12.5 Å². The molecule has 132 valence electrons. The molecule has 0 spiro atoms. The lowest BCUT2D eigenvalue weighted by Gasteiger charge is -2.18. The van der Waals surface area contributed by atoms with Gasteiger partial charge in [-0.05, 0) is 55.3 Å². The normalized spacial score (nSPS) is 17.4. The third-order valence-electron chi connectivity index (χ3n) is 3.07. The molecule has 1 unspecified atom stereocenters. The van der Waals surface area contributed by atoms with Gasteiger partial charge < -0.3 is 26.9 Å². The van der Waals surface area contributed by atoms with Gasteiger partial charge in [-0.1, -0.05) is 18.2 Å². The summed E-state index contributed by atoms with van der Waals surface area (Å²) < 4.78 is 44.7. The first-order valence-electron chi connectivity index (χ1n) is 7.41. The molecule has 0 saturated heterocycles. The molecular formula is C17H21BF4NO-. The van der Waals surface area contributed by atoms with Crippen molar-refractivity contribution in [2.24, 2.45) is 0 Å². The number of anilines is 1.